The van der Waals surface area contributed by atoms with Gasteiger partial charge >= 0.3 is 5.97 Å². The van der Waals surface area contributed by atoms with E-state index in [1.807, 2.05) is 6.92 Å². The number of carbonyl (C=O) groups excluding carboxylic acids is 2. The number of ether oxygens (including phenoxy) is 1. The number of Topliss-reactive ketones (excluding diaryl/α,β-unsaturated/α-hetero) is 1. The third-order valence-corrected chi connectivity index (χ3v) is 3.24. The Bertz CT molecular complexity index is 842. The minimum Gasteiger partial charge on any atom is -0.462 e. The van der Waals surface area contributed by atoms with Crippen LogP contribution < -0.4 is 5.43 Å². The third kappa shape index (κ3) is 3.74. The fourth-order valence-corrected chi connectivity index (χ4v) is 2.16. The third-order valence-electron chi connectivity index (χ3n) is 3.24. The van der Waals surface area contributed by atoms with Crippen LogP contribution in [0.25, 0.3) is 17.0 Å². The molecule has 1 aromatic heterocycles. The van der Waals surface area contributed by atoms with Crippen LogP contribution in [-0.4, -0.2) is 18.4 Å². The molecule has 0 amide bonds. The predicted octanol–water partition coefficient (Wildman–Crippen LogP) is 3.03. The normalized spacial score (nSPS) is 11.5. The van der Waals surface area contributed by atoms with Gasteiger partial charge in [0.2, 0.25) is 0 Å². The zero-order chi connectivity index (χ0) is 17.0. The van der Waals surface area contributed by atoms with Crippen molar-refractivity contribution in [3.63, 3.8) is 0 Å². The Kier molecular flexibility index (Phi) is 5.11. The van der Waals surface area contributed by atoms with Gasteiger partial charge in [0.05, 0.1) is 12.0 Å². The van der Waals surface area contributed by atoms with E-state index in [1.165, 1.54) is 19.1 Å². The first kappa shape index (κ1) is 16.7. The van der Waals surface area contributed by atoms with Crippen molar-refractivity contribution in [3.05, 3.63) is 51.4 Å². The molecular weight excluding hydrogens is 296 g/mol. The fourth-order valence-electron chi connectivity index (χ4n) is 2.16. The Labute approximate surface area is 133 Å². The summed E-state index contributed by atoms with van der Waals surface area (Å²) in [7, 11) is 0. The van der Waals surface area contributed by atoms with Gasteiger partial charge in [-0.3, -0.25) is 9.59 Å². The molecule has 0 atom stereocenters. The van der Waals surface area contributed by atoms with Crippen LogP contribution in [0.3, 0.4) is 0 Å². The number of rotatable bonds is 5. The second-order valence-electron chi connectivity index (χ2n) is 5.20. The summed E-state index contributed by atoms with van der Waals surface area (Å²) in [5.74, 6) is -0.620. The van der Waals surface area contributed by atoms with Gasteiger partial charge in [0.25, 0.3) is 0 Å². The summed E-state index contributed by atoms with van der Waals surface area (Å²) in [6.07, 6.45) is 2.07. The van der Waals surface area contributed by atoms with Crippen LogP contribution in [0.1, 0.15) is 31.6 Å². The number of carbonyl (C=O) groups is 2. The summed E-state index contributed by atoms with van der Waals surface area (Å²) in [5.41, 5.74) is 0.591. The molecule has 0 bridgehead atoms. The van der Waals surface area contributed by atoms with Crippen LogP contribution in [-0.2, 0) is 14.3 Å². The minimum absolute atomic E-state index is 0.0740. The molecule has 0 aliphatic carbocycles. The molecule has 5 nitrogen and oxygen atoms in total. The highest BCUT2D eigenvalue weighted by molar-refractivity contribution is 6.20. The Morgan fingerprint density at radius 1 is 1.30 bits per heavy atom. The van der Waals surface area contributed by atoms with Crippen LogP contribution in [0, 0.1) is 6.92 Å². The largest absolute Gasteiger partial charge is 0.462 e. The van der Waals surface area contributed by atoms with Gasteiger partial charge in [-0.25, -0.2) is 4.79 Å². The standard InChI is InChI=1S/C18H18O5/c1-4-8-22-18(21)15(12(3)19)10-13-6-5-7-14-16(20)9-11(2)23-17(13)14/h5-7,9-10H,4,8H2,1-3H3/b15-10+. The van der Waals surface area contributed by atoms with E-state index in [-0.39, 0.29) is 17.6 Å². The molecule has 0 saturated carbocycles. The van der Waals surface area contributed by atoms with E-state index in [0.29, 0.717) is 28.7 Å². The molecule has 0 unspecified atom stereocenters. The van der Waals surface area contributed by atoms with Gasteiger partial charge in [-0.15, -0.1) is 0 Å². The lowest BCUT2D eigenvalue weighted by molar-refractivity contribution is -0.140. The van der Waals surface area contributed by atoms with Crippen LogP contribution in [0.2, 0.25) is 0 Å². The van der Waals surface area contributed by atoms with E-state index in [4.69, 9.17) is 9.15 Å². The van der Waals surface area contributed by atoms with Crippen LogP contribution >= 0.6 is 0 Å². The second kappa shape index (κ2) is 7.05. The predicted molar refractivity (Wildman–Crippen MR) is 87.1 cm³/mol. The van der Waals surface area contributed by atoms with Crippen molar-refractivity contribution < 1.29 is 18.7 Å². The molecule has 0 N–H and O–H groups in total. The highest BCUT2D eigenvalue weighted by Gasteiger charge is 2.17. The van der Waals surface area contributed by atoms with E-state index in [2.05, 4.69) is 0 Å². The van der Waals surface area contributed by atoms with E-state index >= 15 is 0 Å². The number of para-hydroxylation sites is 1. The average molecular weight is 314 g/mol. The first-order chi connectivity index (χ1) is 10.9. The van der Waals surface area contributed by atoms with Crippen molar-refractivity contribution in [1.29, 1.82) is 0 Å². The van der Waals surface area contributed by atoms with Crippen molar-refractivity contribution in [2.24, 2.45) is 0 Å². The van der Waals surface area contributed by atoms with Gasteiger partial charge < -0.3 is 9.15 Å². The Morgan fingerprint density at radius 2 is 2.04 bits per heavy atom. The molecule has 2 aromatic rings. The molecule has 1 aromatic carbocycles. The summed E-state index contributed by atoms with van der Waals surface area (Å²) in [6.45, 7) is 5.08. The van der Waals surface area contributed by atoms with Crippen molar-refractivity contribution >= 4 is 28.8 Å². The summed E-state index contributed by atoms with van der Waals surface area (Å²) in [5, 5.41) is 0.397. The van der Waals surface area contributed by atoms with Gasteiger partial charge in [0.1, 0.15) is 16.9 Å². The molecule has 0 aliphatic rings. The van der Waals surface area contributed by atoms with Gasteiger partial charge in [-0.2, -0.15) is 0 Å². The van der Waals surface area contributed by atoms with E-state index in [9.17, 15) is 14.4 Å². The van der Waals surface area contributed by atoms with Gasteiger partial charge in [0.15, 0.2) is 11.2 Å². The highest BCUT2D eigenvalue weighted by Crippen LogP contribution is 2.20. The number of aryl methyl sites for hydroxylation is 1. The van der Waals surface area contributed by atoms with E-state index in [1.54, 1.807) is 25.1 Å². The molecule has 0 fully saturated rings. The van der Waals surface area contributed by atoms with Crippen molar-refractivity contribution in [2.45, 2.75) is 27.2 Å². The zero-order valence-electron chi connectivity index (χ0n) is 13.3. The molecule has 23 heavy (non-hydrogen) atoms. The van der Waals surface area contributed by atoms with Crippen LogP contribution in [0.15, 0.2) is 39.1 Å². The monoisotopic (exact) mass is 314 g/mol. The molecule has 0 aliphatic heterocycles. The van der Waals surface area contributed by atoms with Crippen molar-refractivity contribution in [3.8, 4) is 0 Å². The number of hydrogen-bond acceptors (Lipinski definition) is 5. The number of ketones is 1. The quantitative estimate of drug-likeness (QED) is 0.367. The molecule has 0 radical (unpaired) electrons. The van der Waals surface area contributed by atoms with Gasteiger partial charge in [-0.1, -0.05) is 19.1 Å². The molecular formula is C18H18O5. The number of fused-ring (bicyclic) bond motifs is 1. The Hall–Kier alpha value is -2.69. The van der Waals surface area contributed by atoms with Crippen LogP contribution in [0.4, 0.5) is 0 Å². The van der Waals surface area contributed by atoms with E-state index in [0.717, 1.165) is 0 Å². The average Bonchev–Trinajstić information content (AvgIpc) is 2.50. The molecule has 0 spiro atoms. The van der Waals surface area contributed by atoms with Crippen molar-refractivity contribution in [2.75, 3.05) is 6.61 Å². The molecule has 1 heterocycles. The highest BCUT2D eigenvalue weighted by atomic mass is 16.5. The lowest BCUT2D eigenvalue weighted by Crippen LogP contribution is -2.14. The number of benzene rings is 1. The summed E-state index contributed by atoms with van der Waals surface area (Å²) < 4.78 is 10.6. The Morgan fingerprint density at radius 3 is 2.70 bits per heavy atom. The van der Waals surface area contributed by atoms with E-state index < -0.39 is 11.8 Å². The molecule has 2 rings (SSSR count). The molecule has 0 saturated heterocycles. The maximum atomic E-state index is 12.0. The number of hydrogen-bond donors (Lipinski definition) is 0. The lowest BCUT2D eigenvalue weighted by atomic mass is 10.1. The first-order valence-corrected chi connectivity index (χ1v) is 7.37. The fraction of sp³-hybridized carbons (Fsp3) is 0.278. The summed E-state index contributed by atoms with van der Waals surface area (Å²) >= 11 is 0. The lowest BCUT2D eigenvalue weighted by Gasteiger charge is -2.06. The first-order valence-electron chi connectivity index (χ1n) is 7.37. The zero-order valence-corrected chi connectivity index (χ0v) is 13.3. The van der Waals surface area contributed by atoms with Gasteiger partial charge in [-0.05, 0) is 32.4 Å². The number of esters is 1. The summed E-state index contributed by atoms with van der Waals surface area (Å²) in [4.78, 5) is 35.8. The van der Waals surface area contributed by atoms with Gasteiger partial charge in [0, 0.05) is 11.6 Å². The van der Waals surface area contributed by atoms with Crippen molar-refractivity contribution in [1.82, 2.24) is 0 Å². The minimum atomic E-state index is -0.675. The topological polar surface area (TPSA) is 73.6 Å². The second-order valence-corrected chi connectivity index (χ2v) is 5.20. The maximum absolute atomic E-state index is 12.0. The van der Waals surface area contributed by atoms with Crippen LogP contribution in [0.5, 0.6) is 0 Å². The molecule has 120 valence electrons. The summed E-state index contributed by atoms with van der Waals surface area (Å²) in [6, 6.07) is 6.40. The maximum Gasteiger partial charge on any atom is 0.341 e. The Balaban J connectivity index is 2.59. The molecule has 5 heteroatoms. The SMILES string of the molecule is CCCOC(=O)/C(=C/c1cccc2c(=O)cc(C)oc12)C(C)=O. The smallest absolute Gasteiger partial charge is 0.341 e.